The van der Waals surface area contributed by atoms with Gasteiger partial charge in [0.05, 0.1) is 24.9 Å². The summed E-state index contributed by atoms with van der Waals surface area (Å²) in [7, 11) is -4.82. The second-order valence-corrected chi connectivity index (χ2v) is 15.7. The molecule has 0 aliphatic carbocycles. The second-order valence-electron chi connectivity index (χ2n) is 14.5. The molecule has 0 aromatic carbocycles. The Morgan fingerprint density at radius 3 is 1.94 bits per heavy atom. The molecule has 0 aromatic rings. The van der Waals surface area contributed by atoms with Crippen LogP contribution in [0.3, 0.4) is 0 Å². The molecule has 0 saturated carbocycles. The highest BCUT2D eigenvalue weighted by Gasteiger charge is 2.35. The van der Waals surface area contributed by atoms with E-state index in [0.717, 1.165) is 38.5 Å². The van der Waals surface area contributed by atoms with Gasteiger partial charge in [-0.15, -0.1) is 0 Å². The number of phosphoric ester groups is 1. The van der Waals surface area contributed by atoms with E-state index in [9.17, 15) is 29.5 Å². The first-order valence-corrected chi connectivity index (χ1v) is 22.1. The number of hydrogen-bond donors (Lipinski definition) is 5. The highest BCUT2D eigenvalue weighted by atomic mass is 31.2. The average molecular weight is 777 g/mol. The van der Waals surface area contributed by atoms with Gasteiger partial charge in [0.1, 0.15) is 6.61 Å². The maximum absolute atomic E-state index is 12.4. The number of phosphoric acid groups is 1. The number of carbonyl (C=O) groups excluding carboxylic acids is 2. The van der Waals surface area contributed by atoms with Crippen LogP contribution in [0.5, 0.6) is 0 Å². The van der Waals surface area contributed by atoms with E-state index in [1.165, 1.54) is 64.2 Å². The molecule has 310 valence electrons. The van der Waals surface area contributed by atoms with Gasteiger partial charge in [-0.1, -0.05) is 141 Å². The maximum Gasteiger partial charge on any atom is 0.469 e. The Kier molecular flexibility index (Phi) is 29.4. The van der Waals surface area contributed by atoms with Crippen LogP contribution >= 0.6 is 7.82 Å². The molecular formula is C40H73O12P. The quantitative estimate of drug-likeness (QED) is 0.0187. The normalized spacial score (nSPS) is 20.6. The number of hydrogen-bond acceptors (Lipinski definition) is 10. The Morgan fingerprint density at radius 1 is 0.774 bits per heavy atom. The molecule has 1 unspecified atom stereocenters. The Labute approximate surface area is 319 Å². The van der Waals surface area contributed by atoms with Gasteiger partial charge in [-0.25, -0.2) is 4.57 Å². The molecule has 1 aliphatic rings. The molecule has 5 N–H and O–H groups in total. The van der Waals surface area contributed by atoms with Gasteiger partial charge in [-0.05, 0) is 32.1 Å². The lowest BCUT2D eigenvalue weighted by Crippen LogP contribution is -2.43. The van der Waals surface area contributed by atoms with Gasteiger partial charge in [0, 0.05) is 25.2 Å². The van der Waals surface area contributed by atoms with Crippen LogP contribution in [0.25, 0.3) is 0 Å². The minimum atomic E-state index is -4.82. The predicted octanol–water partition coefficient (Wildman–Crippen LogP) is 8.12. The van der Waals surface area contributed by atoms with Crippen LogP contribution in [0.2, 0.25) is 0 Å². The van der Waals surface area contributed by atoms with Crippen LogP contribution in [-0.2, 0) is 32.9 Å². The van der Waals surface area contributed by atoms with Gasteiger partial charge in [-0.2, -0.15) is 0 Å². The first kappa shape index (κ1) is 49.4. The molecule has 1 heterocycles. The standard InChI is InChI=1S/C40H73O12P/c1-3-5-7-8-9-10-11-12-13-14-15-16-17-23-27-39(44)51-34(32-50-53(46,47)48)31-49-38(43)26-22-19-18-21-25-35-36(42)30-40(45)52-37(35)29-28-33(41)24-20-6-4-2/h18,21,28-29,33-37,40-42,45H,3-17,19-20,22-27,30-32H2,1-2H3,(H2,46,47,48)/b21-18-,29-28+/t33-,34+,35-,36-,37+,40?/m0/s1. The van der Waals surface area contributed by atoms with Gasteiger partial charge < -0.3 is 39.3 Å². The van der Waals surface area contributed by atoms with Gasteiger partial charge in [0.25, 0.3) is 0 Å². The number of unbranched alkanes of at least 4 members (excludes halogenated alkanes) is 16. The van der Waals surface area contributed by atoms with E-state index in [-0.39, 0.29) is 31.8 Å². The fraction of sp³-hybridized carbons (Fsp3) is 0.850. The van der Waals surface area contributed by atoms with Crippen molar-refractivity contribution in [3.8, 4) is 0 Å². The number of aliphatic hydroxyl groups is 3. The van der Waals surface area contributed by atoms with Crippen LogP contribution < -0.4 is 0 Å². The molecule has 0 amide bonds. The average Bonchev–Trinajstić information content (AvgIpc) is 3.10. The van der Waals surface area contributed by atoms with Gasteiger partial charge in [0.15, 0.2) is 12.4 Å². The minimum absolute atomic E-state index is 0.0754. The molecule has 53 heavy (non-hydrogen) atoms. The van der Waals surface area contributed by atoms with Crippen molar-refractivity contribution in [3.05, 3.63) is 24.3 Å². The summed E-state index contributed by atoms with van der Waals surface area (Å²) in [5.74, 6) is -1.38. The zero-order chi connectivity index (χ0) is 39.2. The smallest absolute Gasteiger partial charge is 0.462 e. The number of carbonyl (C=O) groups is 2. The molecule has 0 spiro atoms. The summed E-state index contributed by atoms with van der Waals surface area (Å²) in [6, 6.07) is 0. The molecule has 0 aromatic heterocycles. The Balaban J connectivity index is 2.34. The zero-order valence-electron chi connectivity index (χ0n) is 32.7. The molecule has 12 nitrogen and oxygen atoms in total. The van der Waals surface area contributed by atoms with E-state index in [1.807, 2.05) is 12.2 Å². The van der Waals surface area contributed by atoms with E-state index in [0.29, 0.717) is 32.1 Å². The van der Waals surface area contributed by atoms with Gasteiger partial charge in [-0.3, -0.25) is 14.1 Å². The Morgan fingerprint density at radius 2 is 1.34 bits per heavy atom. The molecule has 13 heteroatoms. The minimum Gasteiger partial charge on any atom is -0.462 e. The summed E-state index contributed by atoms with van der Waals surface area (Å²) in [5, 5.41) is 30.8. The Bertz CT molecular complexity index is 1030. The molecule has 6 atom stereocenters. The van der Waals surface area contributed by atoms with Gasteiger partial charge in [0.2, 0.25) is 0 Å². The molecule has 0 bridgehead atoms. The Hall–Kier alpha value is -1.63. The highest BCUT2D eigenvalue weighted by molar-refractivity contribution is 7.46. The summed E-state index contributed by atoms with van der Waals surface area (Å²) in [6.07, 6.45) is 25.2. The van der Waals surface area contributed by atoms with Crippen molar-refractivity contribution in [3.63, 3.8) is 0 Å². The van der Waals surface area contributed by atoms with Crippen LogP contribution in [-0.4, -0.2) is 81.0 Å². The summed E-state index contributed by atoms with van der Waals surface area (Å²) in [5.41, 5.74) is 0. The third kappa shape index (κ3) is 28.4. The van der Waals surface area contributed by atoms with Crippen LogP contribution in [0.15, 0.2) is 24.3 Å². The van der Waals surface area contributed by atoms with E-state index < -0.39 is 57.1 Å². The first-order valence-electron chi connectivity index (χ1n) is 20.5. The number of aliphatic hydroxyl groups excluding tert-OH is 3. The molecule has 1 fully saturated rings. The zero-order valence-corrected chi connectivity index (χ0v) is 33.6. The lowest BCUT2D eigenvalue weighted by atomic mass is 9.87. The molecule has 1 aliphatic heterocycles. The number of ether oxygens (including phenoxy) is 3. The van der Waals surface area contributed by atoms with Crippen molar-refractivity contribution in [2.75, 3.05) is 13.2 Å². The monoisotopic (exact) mass is 776 g/mol. The van der Waals surface area contributed by atoms with E-state index in [4.69, 9.17) is 24.0 Å². The molecule has 0 radical (unpaired) electrons. The number of rotatable bonds is 33. The topological polar surface area (TPSA) is 189 Å². The molecular weight excluding hydrogens is 703 g/mol. The largest absolute Gasteiger partial charge is 0.469 e. The fourth-order valence-electron chi connectivity index (χ4n) is 6.35. The van der Waals surface area contributed by atoms with E-state index in [2.05, 4.69) is 18.4 Å². The summed E-state index contributed by atoms with van der Waals surface area (Å²) >= 11 is 0. The summed E-state index contributed by atoms with van der Waals surface area (Å²) in [4.78, 5) is 43.0. The van der Waals surface area contributed by atoms with Crippen molar-refractivity contribution < 1.29 is 58.0 Å². The van der Waals surface area contributed by atoms with Crippen molar-refractivity contribution in [1.29, 1.82) is 0 Å². The lowest BCUT2D eigenvalue weighted by Gasteiger charge is -2.36. The maximum atomic E-state index is 12.4. The summed E-state index contributed by atoms with van der Waals surface area (Å²) in [6.45, 7) is 3.35. The van der Waals surface area contributed by atoms with E-state index in [1.54, 1.807) is 12.2 Å². The van der Waals surface area contributed by atoms with Crippen LogP contribution in [0, 0.1) is 5.92 Å². The molecule has 1 saturated heterocycles. The van der Waals surface area contributed by atoms with Crippen molar-refractivity contribution >= 4 is 19.8 Å². The number of esters is 2. The van der Waals surface area contributed by atoms with Crippen molar-refractivity contribution in [2.24, 2.45) is 5.92 Å². The molecule has 1 rings (SSSR count). The fourth-order valence-corrected chi connectivity index (χ4v) is 6.71. The predicted molar refractivity (Wildman–Crippen MR) is 206 cm³/mol. The van der Waals surface area contributed by atoms with Gasteiger partial charge >= 0.3 is 19.8 Å². The SMILES string of the molecule is CCCCCCCCCCCCCCCCC(=O)O[C@H](COC(=O)CCC/C=C\C[C@H]1[C@@H](O)CC(O)O[C@@H]1/C=C/[C@@H](O)CCCCC)COP(=O)(O)O. The van der Waals surface area contributed by atoms with E-state index >= 15 is 0 Å². The summed E-state index contributed by atoms with van der Waals surface area (Å²) < 4.78 is 32.0. The van der Waals surface area contributed by atoms with Crippen LogP contribution in [0.4, 0.5) is 0 Å². The third-order valence-corrected chi connectivity index (χ3v) is 10.0. The first-order chi connectivity index (χ1) is 25.4. The highest BCUT2D eigenvalue weighted by Crippen LogP contribution is 2.36. The number of allylic oxidation sites excluding steroid dienone is 2. The van der Waals surface area contributed by atoms with Crippen molar-refractivity contribution in [1.82, 2.24) is 0 Å². The van der Waals surface area contributed by atoms with Crippen molar-refractivity contribution in [2.45, 2.75) is 199 Å². The third-order valence-electron chi connectivity index (χ3n) is 9.52. The lowest BCUT2D eigenvalue weighted by molar-refractivity contribution is -0.199. The van der Waals surface area contributed by atoms with Crippen LogP contribution in [0.1, 0.15) is 168 Å². The second kappa shape index (κ2) is 31.6.